The van der Waals surface area contributed by atoms with Crippen molar-refractivity contribution in [3.63, 3.8) is 0 Å². The highest BCUT2D eigenvalue weighted by atomic mass is 32.2. The monoisotopic (exact) mass is 448 g/mol. The molecule has 0 radical (unpaired) electrons. The second-order valence-electron chi connectivity index (χ2n) is 7.40. The Morgan fingerprint density at radius 1 is 1.07 bits per heavy atom. The van der Waals surface area contributed by atoms with Crippen molar-refractivity contribution in [2.75, 3.05) is 25.4 Å². The molecule has 3 rings (SSSR count). The first kappa shape index (κ1) is 22.8. The zero-order chi connectivity index (χ0) is 21.6. The maximum atomic E-state index is 13.0. The van der Waals surface area contributed by atoms with E-state index >= 15 is 0 Å². The number of benzene rings is 2. The standard InChI is InChI=1S/C22H28N2O4S2/c1-17-15-24(16-18(2)28-17)30(26,27)14-13-23-22(25)21(19-9-5-3-6-10-19)29-20-11-7-4-8-12-20/h3-12,17-18,21H,13-16H2,1-2H3,(H,23,25)/t17-,18+,21-/m0/s1. The van der Waals surface area contributed by atoms with Gasteiger partial charge in [-0.2, -0.15) is 4.31 Å². The lowest BCUT2D eigenvalue weighted by Crippen LogP contribution is -2.49. The smallest absolute Gasteiger partial charge is 0.238 e. The normalized spacial score (nSPS) is 21.1. The quantitative estimate of drug-likeness (QED) is 0.628. The van der Waals surface area contributed by atoms with E-state index in [1.807, 2.05) is 74.5 Å². The van der Waals surface area contributed by atoms with Gasteiger partial charge in [-0.15, -0.1) is 11.8 Å². The van der Waals surface area contributed by atoms with Gasteiger partial charge in [0.25, 0.3) is 0 Å². The average molecular weight is 449 g/mol. The van der Waals surface area contributed by atoms with Gasteiger partial charge in [0, 0.05) is 24.5 Å². The number of nitrogens with one attached hydrogen (secondary N) is 1. The number of thioether (sulfide) groups is 1. The van der Waals surface area contributed by atoms with Crippen molar-refractivity contribution in [1.82, 2.24) is 9.62 Å². The third kappa shape index (κ3) is 6.31. The molecular weight excluding hydrogens is 420 g/mol. The zero-order valence-corrected chi connectivity index (χ0v) is 18.9. The third-order valence-electron chi connectivity index (χ3n) is 4.78. The molecule has 0 aromatic heterocycles. The van der Waals surface area contributed by atoms with Gasteiger partial charge in [0.15, 0.2) is 0 Å². The van der Waals surface area contributed by atoms with Gasteiger partial charge in [-0.05, 0) is 31.5 Å². The van der Waals surface area contributed by atoms with Crippen molar-refractivity contribution < 1.29 is 17.9 Å². The van der Waals surface area contributed by atoms with Crippen LogP contribution in [0.25, 0.3) is 0 Å². The minimum atomic E-state index is -3.46. The average Bonchev–Trinajstić information content (AvgIpc) is 2.72. The molecule has 0 spiro atoms. The molecule has 0 unspecified atom stereocenters. The number of sulfonamides is 1. The molecule has 3 atom stereocenters. The Morgan fingerprint density at radius 2 is 1.63 bits per heavy atom. The highest BCUT2D eigenvalue weighted by molar-refractivity contribution is 8.00. The third-order valence-corrected chi connectivity index (χ3v) is 7.85. The van der Waals surface area contributed by atoms with Crippen LogP contribution in [0.15, 0.2) is 65.6 Å². The number of morpholine rings is 1. The van der Waals surface area contributed by atoms with Crippen LogP contribution < -0.4 is 5.32 Å². The molecule has 1 saturated heterocycles. The molecule has 1 N–H and O–H groups in total. The molecule has 162 valence electrons. The molecule has 1 heterocycles. The molecular formula is C22H28N2O4S2. The predicted molar refractivity (Wildman–Crippen MR) is 120 cm³/mol. The lowest BCUT2D eigenvalue weighted by molar-refractivity contribution is -0.120. The van der Waals surface area contributed by atoms with Crippen LogP contribution in [0.5, 0.6) is 0 Å². The van der Waals surface area contributed by atoms with Crippen molar-refractivity contribution in [3.05, 3.63) is 66.2 Å². The minimum Gasteiger partial charge on any atom is -0.373 e. The maximum Gasteiger partial charge on any atom is 0.238 e. The molecule has 6 nitrogen and oxygen atoms in total. The van der Waals surface area contributed by atoms with Gasteiger partial charge in [-0.1, -0.05) is 48.5 Å². The highest BCUT2D eigenvalue weighted by Gasteiger charge is 2.31. The van der Waals surface area contributed by atoms with Crippen LogP contribution in [0.2, 0.25) is 0 Å². The van der Waals surface area contributed by atoms with Crippen LogP contribution in [0.4, 0.5) is 0 Å². The van der Waals surface area contributed by atoms with Gasteiger partial charge in [-0.25, -0.2) is 8.42 Å². The van der Waals surface area contributed by atoms with Crippen LogP contribution in [0.3, 0.4) is 0 Å². The van der Waals surface area contributed by atoms with Crippen molar-refractivity contribution >= 4 is 27.7 Å². The van der Waals surface area contributed by atoms with Crippen molar-refractivity contribution in [2.24, 2.45) is 0 Å². The summed E-state index contributed by atoms with van der Waals surface area (Å²) in [5.74, 6) is -0.329. The van der Waals surface area contributed by atoms with Gasteiger partial charge in [-0.3, -0.25) is 4.79 Å². The Kier molecular flexibility index (Phi) is 7.93. The second kappa shape index (κ2) is 10.4. The summed E-state index contributed by atoms with van der Waals surface area (Å²) in [5.41, 5.74) is 0.877. The highest BCUT2D eigenvalue weighted by Crippen LogP contribution is 2.35. The maximum absolute atomic E-state index is 13.0. The summed E-state index contributed by atoms with van der Waals surface area (Å²) in [6.45, 7) is 4.49. The molecule has 1 amide bonds. The van der Waals surface area contributed by atoms with Gasteiger partial charge in [0.2, 0.25) is 15.9 Å². The molecule has 30 heavy (non-hydrogen) atoms. The Morgan fingerprint density at radius 3 is 2.23 bits per heavy atom. The summed E-state index contributed by atoms with van der Waals surface area (Å²) in [6.07, 6.45) is -0.273. The number of amides is 1. The van der Waals surface area contributed by atoms with E-state index in [1.54, 1.807) is 0 Å². The SMILES string of the molecule is C[C@@H]1CN(S(=O)(=O)CCNC(=O)[C@@H](Sc2ccccc2)c2ccccc2)C[C@H](C)O1. The van der Waals surface area contributed by atoms with Gasteiger partial charge in [0.05, 0.1) is 18.0 Å². The molecule has 0 aliphatic carbocycles. The van der Waals surface area contributed by atoms with Crippen LogP contribution in [0, 0.1) is 0 Å². The number of hydrogen-bond acceptors (Lipinski definition) is 5. The van der Waals surface area contributed by atoms with Crippen molar-refractivity contribution in [1.29, 1.82) is 0 Å². The van der Waals surface area contributed by atoms with Crippen LogP contribution in [-0.4, -0.2) is 56.2 Å². The van der Waals surface area contributed by atoms with E-state index in [0.717, 1.165) is 10.5 Å². The predicted octanol–water partition coefficient (Wildman–Crippen LogP) is 3.08. The Hall–Kier alpha value is -1.87. The Bertz CT molecular complexity index is 913. The molecule has 1 aliphatic heterocycles. The molecule has 0 bridgehead atoms. The van der Waals surface area contributed by atoms with Crippen LogP contribution >= 0.6 is 11.8 Å². The number of rotatable bonds is 8. The summed E-state index contributed by atoms with van der Waals surface area (Å²) in [6, 6.07) is 19.2. The van der Waals surface area contributed by atoms with E-state index < -0.39 is 15.3 Å². The molecule has 1 aliphatic rings. The van der Waals surface area contributed by atoms with E-state index in [4.69, 9.17) is 4.74 Å². The second-order valence-corrected chi connectivity index (χ2v) is 10.7. The van der Waals surface area contributed by atoms with Crippen molar-refractivity contribution in [3.8, 4) is 0 Å². The zero-order valence-electron chi connectivity index (χ0n) is 17.2. The fraction of sp³-hybridized carbons (Fsp3) is 0.409. The molecule has 2 aromatic carbocycles. The van der Waals surface area contributed by atoms with Gasteiger partial charge < -0.3 is 10.1 Å². The first-order valence-corrected chi connectivity index (χ1v) is 12.5. The molecule has 1 fully saturated rings. The van der Waals surface area contributed by atoms with Crippen LogP contribution in [0.1, 0.15) is 24.7 Å². The largest absolute Gasteiger partial charge is 0.373 e. The first-order chi connectivity index (χ1) is 14.3. The summed E-state index contributed by atoms with van der Waals surface area (Å²) in [5, 5.41) is 2.36. The molecule has 8 heteroatoms. The Labute approximate surface area is 183 Å². The van der Waals surface area contributed by atoms with Crippen molar-refractivity contribution in [2.45, 2.75) is 36.2 Å². The van der Waals surface area contributed by atoms with Crippen LogP contribution in [-0.2, 0) is 19.6 Å². The molecule has 2 aromatic rings. The fourth-order valence-electron chi connectivity index (χ4n) is 3.42. The first-order valence-electron chi connectivity index (χ1n) is 10.0. The topological polar surface area (TPSA) is 75.7 Å². The van der Waals surface area contributed by atoms with E-state index in [-0.39, 0.29) is 30.4 Å². The van der Waals surface area contributed by atoms with Gasteiger partial charge in [0.1, 0.15) is 5.25 Å². The minimum absolute atomic E-state index is 0.0694. The number of ether oxygens (including phenoxy) is 1. The summed E-state index contributed by atoms with van der Waals surface area (Å²) >= 11 is 1.45. The summed E-state index contributed by atoms with van der Waals surface area (Å²) < 4.78 is 32.5. The van der Waals surface area contributed by atoms with E-state index in [2.05, 4.69) is 5.32 Å². The fourth-order valence-corrected chi connectivity index (χ4v) is 5.98. The lowest BCUT2D eigenvalue weighted by atomic mass is 10.1. The number of carbonyl (C=O) groups is 1. The number of carbonyl (C=O) groups excluding carboxylic acids is 1. The number of nitrogens with zero attached hydrogens (tertiary/aromatic N) is 1. The van der Waals surface area contributed by atoms with E-state index in [1.165, 1.54) is 16.1 Å². The summed E-state index contributed by atoms with van der Waals surface area (Å²) in [4.78, 5) is 13.9. The summed E-state index contributed by atoms with van der Waals surface area (Å²) in [7, 11) is -3.46. The van der Waals surface area contributed by atoms with E-state index in [0.29, 0.717) is 13.1 Å². The lowest BCUT2D eigenvalue weighted by Gasteiger charge is -2.34. The Balaban J connectivity index is 1.63. The van der Waals surface area contributed by atoms with E-state index in [9.17, 15) is 13.2 Å². The van der Waals surface area contributed by atoms with Gasteiger partial charge >= 0.3 is 0 Å². The molecule has 0 saturated carbocycles. The number of hydrogen-bond donors (Lipinski definition) is 1.